The van der Waals surface area contributed by atoms with Gasteiger partial charge in [-0.1, -0.05) is 81.5 Å². The Morgan fingerprint density at radius 2 is 1.29 bits per heavy atom. The Balaban J connectivity index is 1.42. The lowest BCUT2D eigenvalue weighted by Crippen LogP contribution is -2.20. The number of ether oxygens (including phenoxy) is 4. The first-order valence-corrected chi connectivity index (χ1v) is 12.3. The predicted octanol–water partition coefficient (Wildman–Crippen LogP) is 5.43. The average molecular weight is 471 g/mol. The third kappa shape index (κ3) is 12.0. The number of unbranched alkanes of at least 4 members (excludes halogenated alkanes) is 5. The highest BCUT2D eigenvalue weighted by Crippen LogP contribution is 2.15. The molecule has 0 radical (unpaired) electrons. The lowest BCUT2D eigenvalue weighted by Gasteiger charge is -2.09. The zero-order valence-electron chi connectivity index (χ0n) is 20.3. The van der Waals surface area contributed by atoms with Crippen LogP contribution in [0.15, 0.2) is 54.6 Å². The van der Waals surface area contributed by atoms with Crippen molar-refractivity contribution in [3.63, 3.8) is 0 Å². The molecular weight excluding hydrogens is 432 g/mol. The maximum absolute atomic E-state index is 11.9. The molecule has 0 N–H and O–H groups in total. The topological polar surface area (TPSA) is 71.1 Å². The molecule has 2 rings (SSSR count). The summed E-state index contributed by atoms with van der Waals surface area (Å²) in [5.41, 5.74) is 1.67. The Hall–Kier alpha value is -2.70. The highest BCUT2D eigenvalue weighted by Gasteiger charge is 2.17. The van der Waals surface area contributed by atoms with Gasteiger partial charge in [0, 0.05) is 5.56 Å². The zero-order valence-corrected chi connectivity index (χ0v) is 20.3. The monoisotopic (exact) mass is 470 g/mol. The van der Waals surface area contributed by atoms with Crippen LogP contribution >= 0.6 is 0 Å². The maximum atomic E-state index is 11.9. The Labute approximate surface area is 203 Å². The molecule has 2 aromatic carbocycles. The molecule has 0 aliphatic rings. The maximum Gasteiger partial charge on any atom is 0.379 e. The van der Waals surface area contributed by atoms with Gasteiger partial charge in [-0.3, -0.25) is 4.79 Å². The normalized spacial score (nSPS) is 10.7. The third-order valence-corrected chi connectivity index (χ3v) is 5.29. The summed E-state index contributed by atoms with van der Waals surface area (Å²) in [6.45, 7) is 4.19. The smallest absolute Gasteiger partial charge is 0.379 e. The zero-order chi connectivity index (χ0) is 24.3. The van der Waals surface area contributed by atoms with Gasteiger partial charge in [-0.05, 0) is 30.5 Å². The molecule has 0 fully saturated rings. The minimum Gasteiger partial charge on any atom is -0.491 e. The van der Waals surface area contributed by atoms with E-state index < -0.39 is 11.8 Å². The lowest BCUT2D eigenvalue weighted by molar-refractivity contribution is -0.139. The van der Waals surface area contributed by atoms with E-state index in [0.29, 0.717) is 32.0 Å². The summed E-state index contributed by atoms with van der Waals surface area (Å²) in [4.78, 5) is 23.6. The minimum atomic E-state index is -0.876. The van der Waals surface area contributed by atoms with Gasteiger partial charge in [0.05, 0.1) is 26.4 Å². The van der Waals surface area contributed by atoms with E-state index in [2.05, 4.69) is 19.1 Å². The number of esters is 1. The van der Waals surface area contributed by atoms with Gasteiger partial charge < -0.3 is 18.9 Å². The molecule has 6 heteroatoms. The fraction of sp³-hybridized carbons (Fsp3) is 0.500. The molecule has 0 saturated heterocycles. The van der Waals surface area contributed by atoms with Crippen LogP contribution in [0.1, 0.15) is 61.4 Å². The van der Waals surface area contributed by atoms with E-state index >= 15 is 0 Å². The van der Waals surface area contributed by atoms with Crippen LogP contribution in [-0.2, 0) is 25.4 Å². The average Bonchev–Trinajstić information content (AvgIpc) is 2.88. The number of ketones is 1. The first kappa shape index (κ1) is 27.5. The van der Waals surface area contributed by atoms with E-state index in [9.17, 15) is 9.59 Å². The number of Topliss-reactive ketones (excluding diaryl/α,β-unsaturated/α-hetero) is 1. The van der Waals surface area contributed by atoms with Crippen molar-refractivity contribution in [2.75, 3.05) is 39.6 Å². The summed E-state index contributed by atoms with van der Waals surface area (Å²) in [5.74, 6) is -0.687. The van der Waals surface area contributed by atoms with E-state index in [1.807, 2.05) is 12.1 Å². The summed E-state index contributed by atoms with van der Waals surface area (Å²) in [7, 11) is 0. The Bertz CT molecular complexity index is 803. The summed E-state index contributed by atoms with van der Waals surface area (Å²) in [6.07, 6.45) is 9.00. The molecule has 0 unspecified atom stereocenters. The molecular formula is C28H38O6. The SMILES string of the molecule is CCCCCCCCc1ccc(OCCOCCOCCOC(=O)C(=O)c2ccccc2)cc1. The van der Waals surface area contributed by atoms with Gasteiger partial charge in [0.1, 0.15) is 19.0 Å². The number of benzene rings is 2. The molecule has 0 amide bonds. The fourth-order valence-electron chi connectivity index (χ4n) is 3.37. The number of hydrogen-bond acceptors (Lipinski definition) is 6. The lowest BCUT2D eigenvalue weighted by atomic mass is 10.0. The first-order chi connectivity index (χ1) is 16.7. The second kappa shape index (κ2) is 17.7. The van der Waals surface area contributed by atoms with Crippen molar-refractivity contribution >= 4 is 11.8 Å². The van der Waals surface area contributed by atoms with Gasteiger partial charge in [0.2, 0.25) is 0 Å². The molecule has 0 atom stereocenters. The molecule has 0 saturated carbocycles. The van der Waals surface area contributed by atoms with Crippen LogP contribution in [0, 0.1) is 0 Å². The molecule has 0 bridgehead atoms. The van der Waals surface area contributed by atoms with Crippen molar-refractivity contribution in [2.24, 2.45) is 0 Å². The summed E-state index contributed by atoms with van der Waals surface area (Å²) >= 11 is 0. The Morgan fingerprint density at radius 3 is 2.00 bits per heavy atom. The molecule has 2 aromatic rings. The standard InChI is InChI=1S/C28H38O6/c1-2-3-4-5-6-8-11-24-14-16-26(17-15-24)33-22-20-31-18-19-32-21-23-34-28(30)27(29)25-12-9-7-10-13-25/h7,9-10,12-17H,2-6,8,11,18-23H2,1H3. The predicted molar refractivity (Wildman–Crippen MR) is 132 cm³/mol. The third-order valence-electron chi connectivity index (χ3n) is 5.29. The van der Waals surface area contributed by atoms with E-state index in [1.165, 1.54) is 44.1 Å². The quantitative estimate of drug-likeness (QED) is 0.118. The van der Waals surface area contributed by atoms with Crippen LogP contribution in [0.3, 0.4) is 0 Å². The molecule has 0 aromatic heterocycles. The highest BCUT2D eigenvalue weighted by atomic mass is 16.6. The number of aryl methyl sites for hydroxylation is 1. The van der Waals surface area contributed by atoms with Crippen molar-refractivity contribution in [1.29, 1.82) is 0 Å². The minimum absolute atomic E-state index is 0.0232. The van der Waals surface area contributed by atoms with Crippen LogP contribution in [0.5, 0.6) is 5.75 Å². The summed E-state index contributed by atoms with van der Waals surface area (Å²) in [6, 6.07) is 16.6. The van der Waals surface area contributed by atoms with Crippen molar-refractivity contribution in [3.8, 4) is 5.75 Å². The van der Waals surface area contributed by atoms with Gasteiger partial charge >= 0.3 is 5.97 Å². The molecule has 186 valence electrons. The van der Waals surface area contributed by atoms with Gasteiger partial charge in [-0.25, -0.2) is 4.79 Å². The number of carbonyl (C=O) groups is 2. The molecule has 6 nitrogen and oxygen atoms in total. The molecule has 0 spiro atoms. The van der Waals surface area contributed by atoms with E-state index in [1.54, 1.807) is 30.3 Å². The van der Waals surface area contributed by atoms with Gasteiger partial charge in [0.15, 0.2) is 0 Å². The first-order valence-electron chi connectivity index (χ1n) is 12.3. The van der Waals surface area contributed by atoms with Gasteiger partial charge in [-0.2, -0.15) is 0 Å². The highest BCUT2D eigenvalue weighted by molar-refractivity contribution is 6.40. The van der Waals surface area contributed by atoms with Crippen molar-refractivity contribution in [1.82, 2.24) is 0 Å². The van der Waals surface area contributed by atoms with Gasteiger partial charge in [-0.15, -0.1) is 0 Å². The van der Waals surface area contributed by atoms with Crippen LogP contribution in [0.4, 0.5) is 0 Å². The van der Waals surface area contributed by atoms with E-state index in [0.717, 1.165) is 12.2 Å². The molecule has 34 heavy (non-hydrogen) atoms. The van der Waals surface area contributed by atoms with Crippen molar-refractivity contribution in [3.05, 3.63) is 65.7 Å². The Kier molecular flexibility index (Phi) is 14.4. The second-order valence-corrected chi connectivity index (χ2v) is 8.07. The van der Waals surface area contributed by atoms with Crippen LogP contribution in [0.25, 0.3) is 0 Å². The van der Waals surface area contributed by atoms with Crippen LogP contribution < -0.4 is 4.74 Å². The van der Waals surface area contributed by atoms with Crippen molar-refractivity contribution in [2.45, 2.75) is 51.9 Å². The number of hydrogen-bond donors (Lipinski definition) is 0. The second-order valence-electron chi connectivity index (χ2n) is 8.07. The summed E-state index contributed by atoms with van der Waals surface area (Å²) < 4.78 is 21.5. The molecule has 0 heterocycles. The van der Waals surface area contributed by atoms with Crippen LogP contribution in [-0.4, -0.2) is 51.4 Å². The molecule has 0 aliphatic heterocycles. The summed E-state index contributed by atoms with van der Waals surface area (Å²) in [5, 5.41) is 0. The Morgan fingerprint density at radius 1 is 0.676 bits per heavy atom. The van der Waals surface area contributed by atoms with Crippen LogP contribution in [0.2, 0.25) is 0 Å². The van der Waals surface area contributed by atoms with E-state index in [-0.39, 0.29) is 13.2 Å². The fourth-order valence-corrected chi connectivity index (χ4v) is 3.37. The van der Waals surface area contributed by atoms with Gasteiger partial charge in [0.25, 0.3) is 5.78 Å². The van der Waals surface area contributed by atoms with E-state index in [4.69, 9.17) is 18.9 Å². The number of carbonyl (C=O) groups excluding carboxylic acids is 2. The van der Waals surface area contributed by atoms with Crippen molar-refractivity contribution < 1.29 is 28.5 Å². The molecule has 0 aliphatic carbocycles. The largest absolute Gasteiger partial charge is 0.491 e. The number of rotatable bonds is 19.